The maximum atomic E-state index is 3.60. The van der Waals surface area contributed by atoms with Gasteiger partial charge in [-0.05, 0) is 44.0 Å². The zero-order chi connectivity index (χ0) is 14.5. The first-order chi connectivity index (χ1) is 10.3. The van der Waals surface area contributed by atoms with Crippen molar-refractivity contribution in [1.82, 2.24) is 21.1 Å². The first-order valence-corrected chi connectivity index (χ1v) is 8.30. The Labute approximate surface area is 140 Å². The van der Waals surface area contributed by atoms with Gasteiger partial charge in [0, 0.05) is 38.1 Å². The van der Waals surface area contributed by atoms with Crippen molar-refractivity contribution >= 4 is 12.4 Å². The molecule has 2 unspecified atom stereocenters. The van der Waals surface area contributed by atoms with E-state index < -0.39 is 0 Å². The van der Waals surface area contributed by atoms with Crippen LogP contribution < -0.4 is 16.2 Å². The topological polar surface area (TPSA) is 39.3 Å². The minimum atomic E-state index is 0. The molecule has 124 valence electrons. The summed E-state index contributed by atoms with van der Waals surface area (Å²) in [6, 6.07) is 9.60. The normalized spacial score (nSPS) is 25.3. The molecule has 3 rings (SSSR count). The highest BCUT2D eigenvalue weighted by atomic mass is 35.5. The van der Waals surface area contributed by atoms with Crippen molar-refractivity contribution in [2.75, 3.05) is 26.2 Å². The van der Waals surface area contributed by atoms with Crippen molar-refractivity contribution in [3.05, 3.63) is 35.4 Å². The molecule has 0 aromatic heterocycles. The molecule has 2 heterocycles. The Morgan fingerprint density at radius 2 is 2.00 bits per heavy atom. The molecular weight excluding hydrogens is 296 g/mol. The Morgan fingerprint density at radius 3 is 2.73 bits per heavy atom. The molecule has 1 aromatic carbocycles. The zero-order valence-corrected chi connectivity index (χ0v) is 14.3. The van der Waals surface area contributed by atoms with Crippen molar-refractivity contribution < 1.29 is 0 Å². The van der Waals surface area contributed by atoms with Gasteiger partial charge in [-0.15, -0.1) is 12.4 Å². The first-order valence-electron chi connectivity index (χ1n) is 8.30. The lowest BCUT2D eigenvalue weighted by atomic mass is 10.0. The molecule has 0 radical (unpaired) electrons. The number of likely N-dealkylation sites (tertiary alicyclic amines) is 1. The Hall–Kier alpha value is -0.650. The fourth-order valence-electron chi connectivity index (χ4n) is 3.33. The second-order valence-corrected chi connectivity index (χ2v) is 6.51. The van der Waals surface area contributed by atoms with Crippen LogP contribution in [0.4, 0.5) is 0 Å². The number of hydrazine groups is 1. The average Bonchev–Trinajstić information content (AvgIpc) is 3.12. The van der Waals surface area contributed by atoms with Crippen LogP contribution in [0.5, 0.6) is 0 Å². The molecule has 22 heavy (non-hydrogen) atoms. The van der Waals surface area contributed by atoms with Crippen molar-refractivity contribution in [1.29, 1.82) is 0 Å². The summed E-state index contributed by atoms with van der Waals surface area (Å²) in [6.45, 7) is 8.98. The molecule has 3 N–H and O–H groups in total. The van der Waals surface area contributed by atoms with Crippen LogP contribution in [0.3, 0.4) is 0 Å². The fraction of sp³-hybridized carbons (Fsp3) is 0.647. The molecule has 2 aliphatic rings. The lowest BCUT2D eigenvalue weighted by Crippen LogP contribution is -2.32. The van der Waals surface area contributed by atoms with Gasteiger partial charge in [-0.25, -0.2) is 0 Å². The third-order valence-electron chi connectivity index (χ3n) is 4.73. The van der Waals surface area contributed by atoms with E-state index in [0.717, 1.165) is 26.2 Å². The SMILES string of the molecule is CC1NNCC1CNCc1cccc(CN2CCCC2)c1.Cl. The van der Waals surface area contributed by atoms with Crippen LogP contribution in [0.1, 0.15) is 30.9 Å². The molecule has 0 bridgehead atoms. The van der Waals surface area contributed by atoms with Gasteiger partial charge in [-0.3, -0.25) is 15.8 Å². The number of halogens is 1. The Bertz CT molecular complexity index is 448. The molecule has 2 fully saturated rings. The van der Waals surface area contributed by atoms with Gasteiger partial charge in [-0.2, -0.15) is 0 Å². The van der Waals surface area contributed by atoms with E-state index in [9.17, 15) is 0 Å². The lowest BCUT2D eigenvalue weighted by molar-refractivity contribution is 0.331. The van der Waals surface area contributed by atoms with Gasteiger partial charge < -0.3 is 5.32 Å². The molecule has 2 saturated heterocycles. The second kappa shape index (κ2) is 8.85. The molecule has 0 saturated carbocycles. The highest BCUT2D eigenvalue weighted by Crippen LogP contribution is 2.14. The van der Waals surface area contributed by atoms with Crippen molar-refractivity contribution in [3.8, 4) is 0 Å². The van der Waals surface area contributed by atoms with E-state index in [4.69, 9.17) is 0 Å². The van der Waals surface area contributed by atoms with E-state index in [1.54, 1.807) is 0 Å². The minimum absolute atomic E-state index is 0. The van der Waals surface area contributed by atoms with Crippen LogP contribution in [0.25, 0.3) is 0 Å². The van der Waals surface area contributed by atoms with Crippen molar-refractivity contribution in [2.45, 2.75) is 38.9 Å². The number of hydrogen-bond donors (Lipinski definition) is 3. The van der Waals surface area contributed by atoms with E-state index in [1.165, 1.54) is 37.1 Å². The molecule has 2 atom stereocenters. The van der Waals surface area contributed by atoms with E-state index in [0.29, 0.717) is 12.0 Å². The number of nitrogens with zero attached hydrogens (tertiary/aromatic N) is 1. The minimum Gasteiger partial charge on any atom is -0.312 e. The molecular formula is C17H29ClN4. The predicted molar refractivity (Wildman–Crippen MR) is 94.0 cm³/mol. The van der Waals surface area contributed by atoms with Crippen molar-refractivity contribution in [2.24, 2.45) is 5.92 Å². The molecule has 1 aromatic rings. The third-order valence-corrected chi connectivity index (χ3v) is 4.73. The predicted octanol–water partition coefficient (Wildman–Crippen LogP) is 1.91. The molecule has 4 nitrogen and oxygen atoms in total. The average molecular weight is 325 g/mol. The third kappa shape index (κ3) is 4.93. The smallest absolute Gasteiger partial charge is 0.0237 e. The molecule has 5 heteroatoms. The maximum absolute atomic E-state index is 3.60. The Morgan fingerprint density at radius 1 is 1.23 bits per heavy atom. The summed E-state index contributed by atoms with van der Waals surface area (Å²) in [4.78, 5) is 2.56. The number of nitrogens with one attached hydrogen (secondary N) is 3. The summed E-state index contributed by atoms with van der Waals surface area (Å²) in [5.74, 6) is 0.679. The largest absolute Gasteiger partial charge is 0.312 e. The standard InChI is InChI=1S/C17H28N4.ClH/c1-14-17(12-19-20-14)11-18-10-15-5-4-6-16(9-15)13-21-7-2-3-8-21;/h4-6,9,14,17-20H,2-3,7-8,10-13H2,1H3;1H. The van der Waals surface area contributed by atoms with Gasteiger partial charge in [0.15, 0.2) is 0 Å². The monoisotopic (exact) mass is 324 g/mol. The van der Waals surface area contributed by atoms with Crippen LogP contribution >= 0.6 is 12.4 Å². The lowest BCUT2D eigenvalue weighted by Gasteiger charge is -2.16. The summed E-state index contributed by atoms with van der Waals surface area (Å²) in [7, 11) is 0. The van der Waals surface area contributed by atoms with Crippen LogP contribution in [0.2, 0.25) is 0 Å². The Kier molecular flexibility index (Phi) is 7.12. The van der Waals surface area contributed by atoms with Crippen LogP contribution in [-0.2, 0) is 13.1 Å². The van der Waals surface area contributed by atoms with Gasteiger partial charge in [0.05, 0.1) is 0 Å². The Balaban J connectivity index is 0.00000176. The van der Waals surface area contributed by atoms with E-state index in [-0.39, 0.29) is 12.4 Å². The van der Waals surface area contributed by atoms with Gasteiger partial charge >= 0.3 is 0 Å². The highest BCUT2D eigenvalue weighted by Gasteiger charge is 2.21. The number of rotatable bonds is 6. The molecule has 0 aliphatic carbocycles. The summed E-state index contributed by atoms with van der Waals surface area (Å²) in [5, 5.41) is 3.60. The molecule has 0 amide bonds. The van der Waals surface area contributed by atoms with Gasteiger partial charge in [0.1, 0.15) is 0 Å². The second-order valence-electron chi connectivity index (χ2n) is 6.51. The summed E-state index contributed by atoms with van der Waals surface area (Å²) in [6.07, 6.45) is 2.73. The zero-order valence-electron chi connectivity index (χ0n) is 13.5. The van der Waals surface area contributed by atoms with E-state index in [2.05, 4.69) is 52.3 Å². The summed E-state index contributed by atoms with van der Waals surface area (Å²) >= 11 is 0. The van der Waals surface area contributed by atoms with Gasteiger partial charge in [-0.1, -0.05) is 24.3 Å². The van der Waals surface area contributed by atoms with E-state index in [1.807, 2.05) is 0 Å². The number of hydrogen-bond acceptors (Lipinski definition) is 4. The molecule has 0 spiro atoms. The first kappa shape index (κ1) is 17.7. The van der Waals surface area contributed by atoms with Crippen LogP contribution in [0, 0.1) is 5.92 Å². The van der Waals surface area contributed by atoms with Crippen LogP contribution in [0.15, 0.2) is 24.3 Å². The number of benzene rings is 1. The van der Waals surface area contributed by atoms with Gasteiger partial charge in [0.2, 0.25) is 0 Å². The maximum Gasteiger partial charge on any atom is 0.0237 e. The van der Waals surface area contributed by atoms with Crippen LogP contribution in [-0.4, -0.2) is 37.1 Å². The molecule has 2 aliphatic heterocycles. The van der Waals surface area contributed by atoms with Gasteiger partial charge in [0.25, 0.3) is 0 Å². The quantitative estimate of drug-likeness (QED) is 0.747. The van der Waals surface area contributed by atoms with E-state index >= 15 is 0 Å². The summed E-state index contributed by atoms with van der Waals surface area (Å²) < 4.78 is 0. The van der Waals surface area contributed by atoms with Crippen molar-refractivity contribution in [3.63, 3.8) is 0 Å². The highest BCUT2D eigenvalue weighted by molar-refractivity contribution is 5.85. The fourth-order valence-corrected chi connectivity index (χ4v) is 3.33. The summed E-state index contributed by atoms with van der Waals surface area (Å²) in [5.41, 5.74) is 9.35.